The van der Waals surface area contributed by atoms with Gasteiger partial charge in [0.25, 0.3) is 0 Å². The van der Waals surface area contributed by atoms with Crippen molar-refractivity contribution in [3.63, 3.8) is 0 Å². The SMILES string of the molecule is c1ccc(-c2ccc(N(c3ccc(-c4ccccc4)cc3)c3ccc(-c4ccc(-c5ccc6c(c5)-c5oc7ccccc7c5C6(c5ccccc5)c5ccccc5)cc4)cc3)cc2)cc1. The molecule has 0 fully saturated rings. The molecule has 0 saturated heterocycles. The van der Waals surface area contributed by atoms with E-state index in [1.165, 1.54) is 50.1 Å². The smallest absolute Gasteiger partial charge is 0.140 e. The maximum atomic E-state index is 6.83. The van der Waals surface area contributed by atoms with Crippen LogP contribution >= 0.6 is 0 Å². The van der Waals surface area contributed by atoms with Gasteiger partial charge in [0.2, 0.25) is 0 Å². The molecule has 12 rings (SSSR count). The predicted octanol–water partition coefficient (Wildman–Crippen LogP) is 16.9. The lowest BCUT2D eigenvalue weighted by Crippen LogP contribution is -2.28. The zero-order valence-corrected chi connectivity index (χ0v) is 35.7. The predicted molar refractivity (Wildman–Crippen MR) is 270 cm³/mol. The van der Waals surface area contributed by atoms with E-state index >= 15 is 0 Å². The van der Waals surface area contributed by atoms with Crippen LogP contribution in [0.15, 0.2) is 265 Å². The monoisotopic (exact) mass is 829 g/mol. The van der Waals surface area contributed by atoms with E-state index in [9.17, 15) is 0 Å². The molecule has 2 nitrogen and oxygen atoms in total. The number of rotatable bonds is 9. The van der Waals surface area contributed by atoms with Crippen molar-refractivity contribution >= 4 is 28.0 Å². The van der Waals surface area contributed by atoms with Crippen molar-refractivity contribution in [1.82, 2.24) is 0 Å². The fourth-order valence-corrected chi connectivity index (χ4v) is 10.1. The van der Waals surface area contributed by atoms with Gasteiger partial charge in [0.1, 0.15) is 11.3 Å². The lowest BCUT2D eigenvalue weighted by Gasteiger charge is -2.33. The van der Waals surface area contributed by atoms with Crippen LogP contribution in [0.1, 0.15) is 22.3 Å². The molecule has 0 unspecified atom stereocenters. The van der Waals surface area contributed by atoms with Crippen molar-refractivity contribution in [1.29, 1.82) is 0 Å². The molecule has 0 amide bonds. The standard InChI is InChI=1S/C63H43NO/c1-5-15-44(16-6-1)47-29-36-54(37-30-47)64(55-38-31-48(32-39-55)45-17-7-2-8-18-45)56-40-33-49(34-41-56)46-25-27-50(28-26-46)51-35-42-59-58(43-51)62-61(57-23-13-14-24-60(57)65-62)63(59,52-19-9-3-10-20-52)53-21-11-4-12-22-53/h1-43H. The summed E-state index contributed by atoms with van der Waals surface area (Å²) in [5.74, 6) is 0.945. The number of hydrogen-bond donors (Lipinski definition) is 0. The molecule has 0 spiro atoms. The Kier molecular flexibility index (Phi) is 9.43. The van der Waals surface area contributed by atoms with Crippen LogP contribution in [0.5, 0.6) is 0 Å². The summed E-state index contributed by atoms with van der Waals surface area (Å²) in [5, 5.41) is 1.15. The molecule has 1 aliphatic carbocycles. The number of hydrogen-bond acceptors (Lipinski definition) is 2. The average molecular weight is 830 g/mol. The first-order chi connectivity index (χ1) is 32.2. The second-order valence-corrected chi connectivity index (χ2v) is 16.8. The van der Waals surface area contributed by atoms with Crippen molar-refractivity contribution in [3.05, 3.63) is 283 Å². The van der Waals surface area contributed by atoms with Crippen LogP contribution in [0, 0.1) is 0 Å². The molecule has 65 heavy (non-hydrogen) atoms. The molecular weight excluding hydrogens is 787 g/mol. The minimum atomic E-state index is -0.527. The lowest BCUT2D eigenvalue weighted by molar-refractivity contribution is 0.628. The van der Waals surface area contributed by atoms with Crippen LogP contribution in [0.25, 0.3) is 66.8 Å². The summed E-state index contributed by atoms with van der Waals surface area (Å²) in [6.45, 7) is 0. The van der Waals surface area contributed by atoms with Gasteiger partial charge in [-0.25, -0.2) is 0 Å². The molecule has 0 atom stereocenters. The quantitative estimate of drug-likeness (QED) is 0.144. The normalized spacial score (nSPS) is 12.4. The third-order valence-electron chi connectivity index (χ3n) is 13.2. The van der Waals surface area contributed by atoms with Crippen molar-refractivity contribution in [2.45, 2.75) is 5.41 Å². The van der Waals surface area contributed by atoms with Crippen LogP contribution in [0.4, 0.5) is 17.1 Å². The minimum Gasteiger partial charge on any atom is -0.456 e. The Labute approximate surface area is 380 Å². The maximum absolute atomic E-state index is 6.83. The second kappa shape index (κ2) is 16.0. The van der Waals surface area contributed by atoms with Gasteiger partial charge in [0.05, 0.1) is 5.41 Å². The van der Waals surface area contributed by atoms with E-state index in [2.05, 4.69) is 266 Å². The van der Waals surface area contributed by atoms with Gasteiger partial charge in [-0.05, 0) is 110 Å². The van der Waals surface area contributed by atoms with E-state index in [0.29, 0.717) is 0 Å². The fourth-order valence-electron chi connectivity index (χ4n) is 10.1. The largest absolute Gasteiger partial charge is 0.456 e. The van der Waals surface area contributed by atoms with Crippen molar-refractivity contribution in [2.24, 2.45) is 0 Å². The molecule has 0 N–H and O–H groups in total. The molecule has 0 aliphatic heterocycles. The highest BCUT2D eigenvalue weighted by atomic mass is 16.3. The molecule has 0 radical (unpaired) electrons. The van der Waals surface area contributed by atoms with Crippen LogP contribution in [0.3, 0.4) is 0 Å². The summed E-state index contributed by atoms with van der Waals surface area (Å²) in [7, 11) is 0. The molecule has 0 saturated carbocycles. The first kappa shape index (κ1) is 38.2. The molecule has 1 aliphatic rings. The van der Waals surface area contributed by atoms with E-state index in [1.54, 1.807) is 0 Å². The number of nitrogens with zero attached hydrogens (tertiary/aromatic N) is 1. The van der Waals surface area contributed by atoms with E-state index in [0.717, 1.165) is 56.0 Å². The Morgan fingerprint density at radius 2 is 0.662 bits per heavy atom. The Morgan fingerprint density at radius 1 is 0.308 bits per heavy atom. The molecular formula is C63H43NO. The van der Waals surface area contributed by atoms with E-state index in [-0.39, 0.29) is 0 Å². The Bertz CT molecular complexity index is 3290. The summed E-state index contributed by atoms with van der Waals surface area (Å²) in [6, 6.07) is 94.0. The fraction of sp³-hybridized carbons (Fsp3) is 0.0159. The number of para-hydroxylation sites is 1. The van der Waals surface area contributed by atoms with E-state index in [4.69, 9.17) is 4.42 Å². The Balaban J connectivity index is 0.886. The molecule has 10 aromatic carbocycles. The van der Waals surface area contributed by atoms with Crippen LogP contribution < -0.4 is 4.90 Å². The number of fused-ring (bicyclic) bond motifs is 5. The van der Waals surface area contributed by atoms with Crippen LogP contribution in [0.2, 0.25) is 0 Å². The molecule has 1 heterocycles. The van der Waals surface area contributed by atoms with Gasteiger partial charge in [-0.15, -0.1) is 0 Å². The third kappa shape index (κ3) is 6.58. The zero-order chi connectivity index (χ0) is 43.2. The summed E-state index contributed by atoms with van der Waals surface area (Å²) >= 11 is 0. The highest BCUT2D eigenvalue weighted by molar-refractivity contribution is 5.98. The third-order valence-corrected chi connectivity index (χ3v) is 13.2. The molecule has 2 heteroatoms. The maximum Gasteiger partial charge on any atom is 0.140 e. The molecule has 1 aromatic heterocycles. The van der Waals surface area contributed by atoms with Gasteiger partial charge >= 0.3 is 0 Å². The van der Waals surface area contributed by atoms with Crippen molar-refractivity contribution in [3.8, 4) is 55.8 Å². The zero-order valence-electron chi connectivity index (χ0n) is 35.7. The van der Waals surface area contributed by atoms with Gasteiger partial charge in [-0.1, -0.05) is 212 Å². The van der Waals surface area contributed by atoms with Gasteiger partial charge in [-0.3, -0.25) is 0 Å². The number of benzene rings is 10. The summed E-state index contributed by atoms with van der Waals surface area (Å²) in [6.07, 6.45) is 0. The number of anilines is 3. The van der Waals surface area contributed by atoms with Crippen molar-refractivity contribution < 1.29 is 4.42 Å². The van der Waals surface area contributed by atoms with Crippen molar-refractivity contribution in [2.75, 3.05) is 4.90 Å². The Morgan fingerprint density at radius 3 is 1.12 bits per heavy atom. The highest BCUT2D eigenvalue weighted by Gasteiger charge is 2.49. The number of furan rings is 1. The van der Waals surface area contributed by atoms with E-state index < -0.39 is 5.41 Å². The molecule has 306 valence electrons. The van der Waals surface area contributed by atoms with E-state index in [1.807, 2.05) is 0 Å². The molecule has 0 bridgehead atoms. The van der Waals surface area contributed by atoms with Gasteiger partial charge in [0.15, 0.2) is 0 Å². The van der Waals surface area contributed by atoms with Crippen LogP contribution in [-0.4, -0.2) is 0 Å². The second-order valence-electron chi connectivity index (χ2n) is 16.8. The average Bonchev–Trinajstić information content (AvgIpc) is 3.92. The van der Waals surface area contributed by atoms with Gasteiger partial charge in [0, 0.05) is 33.6 Å². The van der Waals surface area contributed by atoms with Gasteiger partial charge in [-0.2, -0.15) is 0 Å². The Hall–Kier alpha value is -8.46. The summed E-state index contributed by atoms with van der Waals surface area (Å²) in [5.41, 5.74) is 19.2. The highest BCUT2D eigenvalue weighted by Crippen LogP contribution is 2.59. The van der Waals surface area contributed by atoms with Crippen LogP contribution in [-0.2, 0) is 5.41 Å². The summed E-state index contributed by atoms with van der Waals surface area (Å²) in [4.78, 5) is 2.34. The first-order valence-electron chi connectivity index (χ1n) is 22.3. The lowest BCUT2D eigenvalue weighted by atomic mass is 9.67. The minimum absolute atomic E-state index is 0.527. The first-order valence-corrected chi connectivity index (χ1v) is 22.3. The summed E-state index contributed by atoms with van der Waals surface area (Å²) < 4.78 is 6.83. The topological polar surface area (TPSA) is 16.4 Å². The molecule has 11 aromatic rings. The van der Waals surface area contributed by atoms with Gasteiger partial charge < -0.3 is 9.32 Å².